The third-order valence-corrected chi connectivity index (χ3v) is 7.17. The van der Waals surface area contributed by atoms with Gasteiger partial charge in [0.25, 0.3) is 0 Å². The molecular weight excluding hydrogens is 493 g/mol. The first-order chi connectivity index (χ1) is 17.6. The van der Waals surface area contributed by atoms with E-state index in [9.17, 15) is 9.36 Å². The molecule has 0 aliphatic rings. The summed E-state index contributed by atoms with van der Waals surface area (Å²) in [7, 11) is -4.00. The molecule has 0 fully saturated rings. The number of nitrogens with two attached hydrogens (primary N) is 1. The Morgan fingerprint density at radius 2 is 1.81 bits per heavy atom. The van der Waals surface area contributed by atoms with Crippen LogP contribution in [0.25, 0.3) is 21.8 Å². The maximum absolute atomic E-state index is 10.9. The quantitative estimate of drug-likeness (QED) is 0.125. The molecular formula is C27H30N3O6P. The number of fused-ring (bicyclic) bond motifs is 3. The summed E-state index contributed by atoms with van der Waals surface area (Å²) >= 11 is 0. The van der Waals surface area contributed by atoms with Crippen LogP contribution in [0.2, 0.25) is 0 Å². The zero-order valence-electron chi connectivity index (χ0n) is 20.5. The smallest absolute Gasteiger partial charge is 0.325 e. The summed E-state index contributed by atoms with van der Waals surface area (Å²) < 4.78 is 16.5. The average molecular weight is 524 g/mol. The van der Waals surface area contributed by atoms with E-state index in [4.69, 9.17) is 25.4 Å². The van der Waals surface area contributed by atoms with E-state index in [1.54, 1.807) is 0 Å². The SMILES string of the molecule is CC(Cc1ccc(OCCCP(=O)(O)O)cc1)c1cnc2c(N)nc3cc(CCC(=O)O)ccc3c2c1. The minimum absolute atomic E-state index is 0.0570. The minimum atomic E-state index is -4.00. The Labute approximate surface area is 214 Å². The van der Waals surface area contributed by atoms with E-state index in [1.807, 2.05) is 48.7 Å². The molecule has 9 nitrogen and oxygen atoms in total. The van der Waals surface area contributed by atoms with E-state index in [-0.39, 0.29) is 31.5 Å². The summed E-state index contributed by atoms with van der Waals surface area (Å²) in [5.74, 6) is 0.334. The third kappa shape index (κ3) is 7.04. The number of pyridine rings is 2. The second-order valence-electron chi connectivity index (χ2n) is 9.25. The van der Waals surface area contributed by atoms with Gasteiger partial charge in [-0.25, -0.2) is 4.98 Å². The van der Waals surface area contributed by atoms with Gasteiger partial charge in [-0.15, -0.1) is 0 Å². The second kappa shape index (κ2) is 11.3. The molecule has 1 unspecified atom stereocenters. The van der Waals surface area contributed by atoms with Gasteiger partial charge in [0, 0.05) is 23.4 Å². The number of ether oxygens (including phenoxy) is 1. The lowest BCUT2D eigenvalue weighted by atomic mass is 9.93. The molecule has 2 aromatic carbocycles. The summed E-state index contributed by atoms with van der Waals surface area (Å²) in [6.07, 6.45) is 3.20. The number of hydrogen-bond acceptors (Lipinski definition) is 6. The van der Waals surface area contributed by atoms with Crippen LogP contribution in [0, 0.1) is 0 Å². The van der Waals surface area contributed by atoms with E-state index in [0.29, 0.717) is 23.5 Å². The van der Waals surface area contributed by atoms with Crippen molar-refractivity contribution in [3.63, 3.8) is 0 Å². The van der Waals surface area contributed by atoms with Crippen LogP contribution in [0.1, 0.15) is 42.4 Å². The molecule has 5 N–H and O–H groups in total. The lowest BCUT2D eigenvalue weighted by Gasteiger charge is -2.15. The van der Waals surface area contributed by atoms with Crippen LogP contribution < -0.4 is 10.5 Å². The van der Waals surface area contributed by atoms with E-state index in [0.717, 1.165) is 39.4 Å². The fourth-order valence-electron chi connectivity index (χ4n) is 4.30. The summed E-state index contributed by atoms with van der Waals surface area (Å²) in [6.45, 7) is 2.38. The van der Waals surface area contributed by atoms with Gasteiger partial charge in [0.15, 0.2) is 5.82 Å². The molecule has 10 heteroatoms. The monoisotopic (exact) mass is 523 g/mol. The number of hydrogen-bond donors (Lipinski definition) is 4. The number of rotatable bonds is 11. The van der Waals surface area contributed by atoms with Gasteiger partial charge in [0.2, 0.25) is 0 Å². The highest BCUT2D eigenvalue weighted by molar-refractivity contribution is 7.51. The summed E-state index contributed by atoms with van der Waals surface area (Å²) in [5.41, 5.74) is 10.6. The molecule has 0 amide bonds. The van der Waals surface area contributed by atoms with Gasteiger partial charge in [-0.05, 0) is 66.1 Å². The maximum Gasteiger partial charge on any atom is 0.325 e. The van der Waals surface area contributed by atoms with Crippen LogP contribution in [0.3, 0.4) is 0 Å². The van der Waals surface area contributed by atoms with Gasteiger partial charge in [-0.2, -0.15) is 0 Å². The molecule has 194 valence electrons. The Balaban J connectivity index is 1.49. The van der Waals surface area contributed by atoms with Crippen molar-refractivity contribution in [2.45, 2.75) is 38.5 Å². The zero-order chi connectivity index (χ0) is 26.6. The van der Waals surface area contributed by atoms with Gasteiger partial charge in [0.1, 0.15) is 11.3 Å². The highest BCUT2D eigenvalue weighted by atomic mass is 31.2. The van der Waals surface area contributed by atoms with E-state index < -0.39 is 13.6 Å². The van der Waals surface area contributed by atoms with Crippen LogP contribution in [-0.2, 0) is 22.2 Å². The normalized spacial score (nSPS) is 12.6. The molecule has 0 bridgehead atoms. The van der Waals surface area contributed by atoms with Gasteiger partial charge < -0.3 is 25.4 Å². The fourth-order valence-corrected chi connectivity index (χ4v) is 4.84. The molecule has 4 rings (SSSR count). The average Bonchev–Trinajstić information content (AvgIpc) is 2.85. The largest absolute Gasteiger partial charge is 0.494 e. The third-order valence-electron chi connectivity index (χ3n) is 6.27. The number of aliphatic carboxylic acids is 1. The van der Waals surface area contributed by atoms with Gasteiger partial charge >= 0.3 is 13.6 Å². The Bertz CT molecular complexity index is 1470. The number of carboxylic acids is 1. The highest BCUT2D eigenvalue weighted by Gasteiger charge is 2.14. The molecule has 0 saturated heterocycles. The van der Waals surface area contributed by atoms with Crippen LogP contribution >= 0.6 is 7.60 Å². The van der Waals surface area contributed by atoms with Crippen LogP contribution in [0.5, 0.6) is 5.75 Å². The van der Waals surface area contributed by atoms with E-state index >= 15 is 0 Å². The molecule has 4 aromatic rings. The van der Waals surface area contributed by atoms with Crippen LogP contribution in [0.15, 0.2) is 54.7 Å². The van der Waals surface area contributed by atoms with Gasteiger partial charge in [0.05, 0.1) is 18.3 Å². The number of aromatic nitrogens is 2. The predicted octanol–water partition coefficient (Wildman–Crippen LogP) is 4.68. The lowest BCUT2D eigenvalue weighted by molar-refractivity contribution is -0.136. The zero-order valence-corrected chi connectivity index (χ0v) is 21.4. The number of nitrogens with zero attached hydrogens (tertiary/aromatic N) is 2. The molecule has 2 heterocycles. The van der Waals surface area contributed by atoms with Crippen molar-refractivity contribution in [1.82, 2.24) is 9.97 Å². The predicted molar refractivity (Wildman–Crippen MR) is 143 cm³/mol. The summed E-state index contributed by atoms with van der Waals surface area (Å²) in [4.78, 5) is 37.9. The number of carboxylic acid groups (broad SMARTS) is 1. The van der Waals surface area contributed by atoms with Crippen molar-refractivity contribution in [3.05, 3.63) is 71.4 Å². The molecule has 0 spiro atoms. The van der Waals surface area contributed by atoms with E-state index in [1.165, 1.54) is 0 Å². The first-order valence-electron chi connectivity index (χ1n) is 12.0. The molecule has 37 heavy (non-hydrogen) atoms. The molecule has 2 aromatic heterocycles. The van der Waals surface area contributed by atoms with Crippen LogP contribution in [0.4, 0.5) is 5.82 Å². The van der Waals surface area contributed by atoms with Crippen molar-refractivity contribution >= 4 is 41.2 Å². The van der Waals surface area contributed by atoms with Crippen molar-refractivity contribution in [1.29, 1.82) is 0 Å². The Hall–Kier alpha value is -3.52. The Morgan fingerprint density at radius 1 is 1.08 bits per heavy atom. The van der Waals surface area contributed by atoms with Crippen molar-refractivity contribution in [3.8, 4) is 5.75 Å². The molecule has 1 atom stereocenters. The molecule has 0 aliphatic heterocycles. The topological polar surface area (TPSA) is 156 Å². The maximum atomic E-state index is 10.9. The number of nitrogen functional groups attached to an aromatic ring is 1. The summed E-state index contributed by atoms with van der Waals surface area (Å²) in [6, 6.07) is 15.6. The standard InChI is InChI=1S/C27H30N3O6P/c1-17(13-18-3-7-21(8-4-18)36-11-2-12-37(33,34)35)20-15-23-22-9-5-19(6-10-25(31)32)14-24(22)30-27(28)26(23)29-16-20/h3-5,7-9,14-17H,2,6,10-13H2,1H3,(H2,28,30)(H,31,32)(H2,33,34,35). The van der Waals surface area contributed by atoms with Gasteiger partial charge in [-0.1, -0.05) is 31.2 Å². The van der Waals surface area contributed by atoms with Gasteiger partial charge in [-0.3, -0.25) is 14.3 Å². The first-order valence-corrected chi connectivity index (χ1v) is 13.8. The minimum Gasteiger partial charge on any atom is -0.494 e. The first kappa shape index (κ1) is 26.5. The van der Waals surface area contributed by atoms with Crippen molar-refractivity contribution in [2.75, 3.05) is 18.5 Å². The second-order valence-corrected chi connectivity index (χ2v) is 11.0. The summed E-state index contributed by atoms with van der Waals surface area (Å²) in [5, 5.41) is 10.8. The van der Waals surface area contributed by atoms with Crippen molar-refractivity contribution in [2.24, 2.45) is 0 Å². The molecule has 0 aliphatic carbocycles. The van der Waals surface area contributed by atoms with E-state index in [2.05, 4.69) is 23.0 Å². The Morgan fingerprint density at radius 3 is 2.51 bits per heavy atom. The molecule has 0 radical (unpaired) electrons. The lowest BCUT2D eigenvalue weighted by Crippen LogP contribution is -2.03. The Kier molecular flexibility index (Phi) is 8.07. The fraction of sp³-hybridized carbons (Fsp3) is 0.296. The molecule has 0 saturated carbocycles. The number of aryl methyl sites for hydroxylation is 1. The van der Waals surface area contributed by atoms with Crippen LogP contribution in [-0.4, -0.2) is 43.6 Å². The number of carbonyl (C=O) groups is 1. The highest BCUT2D eigenvalue weighted by Crippen LogP contribution is 2.35. The number of anilines is 1. The van der Waals surface area contributed by atoms with Crippen molar-refractivity contribution < 1.29 is 29.0 Å². The number of benzene rings is 2.